The van der Waals surface area contributed by atoms with Gasteiger partial charge in [0.15, 0.2) is 0 Å². The van der Waals surface area contributed by atoms with Crippen molar-refractivity contribution in [3.8, 4) is 17.1 Å². The van der Waals surface area contributed by atoms with Crippen molar-refractivity contribution in [1.82, 2.24) is 20.4 Å². The van der Waals surface area contributed by atoms with Crippen LogP contribution in [0.4, 0.5) is 4.79 Å². The fourth-order valence-corrected chi connectivity index (χ4v) is 4.92. The van der Waals surface area contributed by atoms with Gasteiger partial charge in [-0.2, -0.15) is 4.98 Å². The topological polar surface area (TPSA) is 80.5 Å². The lowest BCUT2D eigenvalue weighted by Crippen LogP contribution is -2.46. The van der Waals surface area contributed by atoms with Gasteiger partial charge < -0.3 is 14.6 Å². The third-order valence-electron chi connectivity index (χ3n) is 5.97. The van der Waals surface area contributed by atoms with Crippen molar-refractivity contribution in [2.75, 3.05) is 13.2 Å². The Labute approximate surface area is 208 Å². The largest absolute Gasteiger partial charge is 0.494 e. The van der Waals surface area contributed by atoms with Crippen molar-refractivity contribution in [2.45, 2.75) is 26.3 Å². The first-order valence-corrected chi connectivity index (χ1v) is 12.5. The molecule has 0 radical (unpaired) electrons. The molecule has 2 aromatic carbocycles. The summed E-state index contributed by atoms with van der Waals surface area (Å²) >= 11 is 1.69. The number of carbonyl (C=O) groups is 1. The number of benzene rings is 2. The van der Waals surface area contributed by atoms with Crippen molar-refractivity contribution in [3.05, 3.63) is 94.1 Å². The average molecular weight is 487 g/mol. The average Bonchev–Trinajstić information content (AvgIpc) is 3.57. The highest BCUT2D eigenvalue weighted by Gasteiger charge is 2.35. The number of nitrogens with zero attached hydrogens (tertiary/aromatic N) is 3. The molecule has 0 spiro atoms. The Morgan fingerprint density at radius 2 is 1.89 bits per heavy atom. The summed E-state index contributed by atoms with van der Waals surface area (Å²) in [5.41, 5.74) is 3.38. The van der Waals surface area contributed by atoms with Crippen molar-refractivity contribution in [2.24, 2.45) is 0 Å². The molecule has 178 valence electrons. The number of amides is 2. The smallest absolute Gasteiger partial charge is 0.322 e. The first-order valence-electron chi connectivity index (χ1n) is 11.6. The van der Waals surface area contributed by atoms with Gasteiger partial charge in [0.1, 0.15) is 5.75 Å². The number of hydrogen-bond donors (Lipinski definition) is 1. The molecule has 0 aliphatic carbocycles. The number of hydrogen-bond acceptors (Lipinski definition) is 6. The molecule has 1 N–H and O–H groups in total. The summed E-state index contributed by atoms with van der Waals surface area (Å²) in [5.74, 6) is 1.66. The standard InChI is InChI=1S/C27H26N4O3S/c1-3-33-21-13-11-20(12-14-21)25-29-26(34-30-25)23-18(2)31(16-15-22-10-7-17-35-22)27(32)28-24(23)19-8-5-4-6-9-19/h4-14,17,24H,3,15-16H2,1-2H3,(H,28,32). The molecule has 2 aromatic heterocycles. The van der Waals surface area contributed by atoms with Crippen LogP contribution in [0.3, 0.4) is 0 Å². The van der Waals surface area contributed by atoms with Crippen molar-refractivity contribution in [3.63, 3.8) is 0 Å². The molecule has 4 aromatic rings. The summed E-state index contributed by atoms with van der Waals surface area (Å²) in [6.45, 7) is 5.06. The SMILES string of the molecule is CCOc1ccc(-c2noc(C3=C(C)N(CCc4cccs4)C(=O)NC3c3ccccc3)n2)cc1. The van der Waals surface area contributed by atoms with Gasteiger partial charge in [0.25, 0.3) is 5.89 Å². The van der Waals surface area contributed by atoms with Gasteiger partial charge in [-0.25, -0.2) is 4.79 Å². The summed E-state index contributed by atoms with van der Waals surface area (Å²) in [5, 5.41) is 9.44. The third-order valence-corrected chi connectivity index (χ3v) is 6.91. The highest BCUT2D eigenvalue weighted by atomic mass is 32.1. The van der Waals surface area contributed by atoms with E-state index in [2.05, 4.69) is 16.5 Å². The first kappa shape index (κ1) is 22.9. The zero-order valence-electron chi connectivity index (χ0n) is 19.6. The van der Waals surface area contributed by atoms with E-state index >= 15 is 0 Å². The zero-order valence-corrected chi connectivity index (χ0v) is 20.4. The van der Waals surface area contributed by atoms with E-state index in [4.69, 9.17) is 14.2 Å². The molecule has 1 aliphatic heterocycles. The molecule has 8 heteroatoms. The van der Waals surface area contributed by atoms with Gasteiger partial charge in [0, 0.05) is 22.7 Å². The van der Waals surface area contributed by atoms with Crippen LogP contribution in [0.2, 0.25) is 0 Å². The molecule has 7 nitrogen and oxygen atoms in total. The second-order valence-corrected chi connectivity index (χ2v) is 9.19. The predicted molar refractivity (Wildman–Crippen MR) is 136 cm³/mol. The normalized spacial score (nSPS) is 15.9. The van der Waals surface area contributed by atoms with E-state index in [9.17, 15) is 4.79 Å². The minimum absolute atomic E-state index is 0.136. The number of allylic oxidation sites excluding steroid dienone is 1. The van der Waals surface area contributed by atoms with E-state index in [0.29, 0.717) is 24.9 Å². The maximum atomic E-state index is 13.1. The second-order valence-electron chi connectivity index (χ2n) is 8.15. The summed E-state index contributed by atoms with van der Waals surface area (Å²) in [4.78, 5) is 20.9. The molecule has 1 aliphatic rings. The van der Waals surface area contributed by atoms with Gasteiger partial charge in [-0.05, 0) is 61.5 Å². The summed E-state index contributed by atoms with van der Waals surface area (Å²) < 4.78 is 11.3. The first-order chi connectivity index (χ1) is 17.1. The van der Waals surface area contributed by atoms with Gasteiger partial charge in [0.2, 0.25) is 5.82 Å². The number of carbonyl (C=O) groups excluding carboxylic acids is 1. The fourth-order valence-electron chi connectivity index (χ4n) is 4.22. The van der Waals surface area contributed by atoms with Crippen LogP contribution < -0.4 is 10.1 Å². The fraction of sp³-hybridized carbons (Fsp3) is 0.222. The molecule has 0 fully saturated rings. The van der Waals surface area contributed by atoms with E-state index in [-0.39, 0.29) is 6.03 Å². The lowest BCUT2D eigenvalue weighted by molar-refractivity contribution is 0.205. The quantitative estimate of drug-likeness (QED) is 0.334. The van der Waals surface area contributed by atoms with E-state index in [1.165, 1.54) is 4.88 Å². The molecule has 2 amide bonds. The van der Waals surface area contributed by atoms with Crippen LogP contribution in [0.25, 0.3) is 17.0 Å². The number of thiophene rings is 1. The Hall–Kier alpha value is -3.91. The molecule has 0 bridgehead atoms. The maximum Gasteiger partial charge on any atom is 0.322 e. The monoisotopic (exact) mass is 486 g/mol. The molecule has 1 atom stereocenters. The van der Waals surface area contributed by atoms with Crippen LogP contribution in [-0.2, 0) is 6.42 Å². The van der Waals surface area contributed by atoms with Gasteiger partial charge >= 0.3 is 6.03 Å². The Morgan fingerprint density at radius 3 is 2.60 bits per heavy atom. The van der Waals surface area contributed by atoms with Crippen molar-refractivity contribution in [1.29, 1.82) is 0 Å². The molecule has 5 rings (SSSR count). The van der Waals surface area contributed by atoms with Crippen LogP contribution in [0.5, 0.6) is 5.75 Å². The highest BCUT2D eigenvalue weighted by Crippen LogP contribution is 2.37. The lowest BCUT2D eigenvalue weighted by atomic mass is 9.94. The molecular formula is C27H26N4O3S. The third kappa shape index (κ3) is 4.83. The Bertz CT molecular complexity index is 1310. The lowest BCUT2D eigenvalue weighted by Gasteiger charge is -2.35. The van der Waals surface area contributed by atoms with E-state index in [1.807, 2.05) is 79.9 Å². The maximum absolute atomic E-state index is 13.1. The molecule has 1 unspecified atom stereocenters. The number of aromatic nitrogens is 2. The van der Waals surface area contributed by atoms with Gasteiger partial charge in [-0.15, -0.1) is 11.3 Å². The summed E-state index contributed by atoms with van der Waals surface area (Å²) in [6, 6.07) is 21.0. The minimum Gasteiger partial charge on any atom is -0.494 e. The number of urea groups is 1. The molecule has 0 saturated heterocycles. The van der Waals surface area contributed by atoms with Gasteiger partial charge in [-0.1, -0.05) is 41.6 Å². The Kier molecular flexibility index (Phi) is 6.63. The zero-order chi connectivity index (χ0) is 24.2. The summed E-state index contributed by atoms with van der Waals surface area (Å²) in [6.07, 6.45) is 0.771. The second kappa shape index (κ2) is 10.1. The van der Waals surface area contributed by atoms with Crippen LogP contribution in [0.15, 0.2) is 82.3 Å². The number of ether oxygens (including phenoxy) is 1. The molecular weight excluding hydrogens is 460 g/mol. The van der Waals surface area contributed by atoms with Crippen LogP contribution in [-0.4, -0.2) is 34.2 Å². The Morgan fingerprint density at radius 1 is 1.09 bits per heavy atom. The van der Waals surface area contributed by atoms with Crippen LogP contribution in [0, 0.1) is 0 Å². The van der Waals surface area contributed by atoms with E-state index in [0.717, 1.165) is 34.6 Å². The number of rotatable bonds is 8. The van der Waals surface area contributed by atoms with E-state index < -0.39 is 6.04 Å². The Balaban J connectivity index is 1.51. The van der Waals surface area contributed by atoms with Crippen molar-refractivity contribution < 1.29 is 14.1 Å². The van der Waals surface area contributed by atoms with Crippen LogP contribution in [0.1, 0.15) is 36.2 Å². The summed E-state index contributed by atoms with van der Waals surface area (Å²) in [7, 11) is 0. The van der Waals surface area contributed by atoms with Crippen molar-refractivity contribution >= 4 is 22.9 Å². The van der Waals surface area contributed by atoms with Gasteiger partial charge in [-0.3, -0.25) is 4.90 Å². The predicted octanol–water partition coefficient (Wildman–Crippen LogP) is 5.94. The molecule has 0 saturated carbocycles. The minimum atomic E-state index is -0.393. The molecule has 35 heavy (non-hydrogen) atoms. The number of nitrogens with one attached hydrogen (secondary N) is 1. The van der Waals surface area contributed by atoms with Gasteiger partial charge in [0.05, 0.1) is 18.2 Å². The van der Waals surface area contributed by atoms with E-state index in [1.54, 1.807) is 16.2 Å². The highest BCUT2D eigenvalue weighted by molar-refractivity contribution is 7.09. The van der Waals surface area contributed by atoms with Crippen LogP contribution >= 0.6 is 11.3 Å². The molecule has 3 heterocycles.